The van der Waals surface area contributed by atoms with Gasteiger partial charge in [0.1, 0.15) is 10.5 Å². The van der Waals surface area contributed by atoms with E-state index in [9.17, 15) is 4.79 Å². The Bertz CT molecular complexity index is 727. The first-order valence-electron chi connectivity index (χ1n) is 6.58. The molecule has 20 heavy (non-hydrogen) atoms. The maximum Gasteiger partial charge on any atom is 0.354 e. The van der Waals surface area contributed by atoms with Crippen molar-refractivity contribution in [2.45, 2.75) is 13.3 Å². The summed E-state index contributed by atoms with van der Waals surface area (Å²) >= 11 is 1.63. The van der Waals surface area contributed by atoms with E-state index in [0.717, 1.165) is 16.6 Å². The zero-order chi connectivity index (χ0) is 13.9. The molecule has 0 bridgehead atoms. The summed E-state index contributed by atoms with van der Waals surface area (Å²) < 4.78 is 5.02. The number of fused-ring (bicyclic) bond motifs is 1. The van der Waals surface area contributed by atoms with Crippen LogP contribution in [-0.4, -0.2) is 17.6 Å². The van der Waals surface area contributed by atoms with Crippen LogP contribution in [0.3, 0.4) is 0 Å². The number of carbonyl (C=O) groups excluding carboxylic acids is 1. The van der Waals surface area contributed by atoms with Crippen molar-refractivity contribution in [1.29, 1.82) is 0 Å². The second-order valence-electron chi connectivity index (χ2n) is 4.57. The smallest absolute Gasteiger partial charge is 0.354 e. The van der Waals surface area contributed by atoms with E-state index < -0.39 is 0 Å². The number of ether oxygens (including phenoxy) is 1. The summed E-state index contributed by atoms with van der Waals surface area (Å²) in [7, 11) is 0. The van der Waals surface area contributed by atoms with Crippen LogP contribution in [0.2, 0.25) is 0 Å². The molecule has 1 N–H and O–H groups in total. The monoisotopic (exact) mass is 285 g/mol. The van der Waals surface area contributed by atoms with Gasteiger partial charge in [0.2, 0.25) is 0 Å². The van der Waals surface area contributed by atoms with Gasteiger partial charge in [-0.1, -0.05) is 30.3 Å². The Morgan fingerprint density at radius 1 is 1.30 bits per heavy atom. The molecule has 1 aromatic carbocycles. The lowest BCUT2D eigenvalue weighted by atomic mass is 10.1. The van der Waals surface area contributed by atoms with Gasteiger partial charge in [-0.3, -0.25) is 0 Å². The summed E-state index contributed by atoms with van der Waals surface area (Å²) in [4.78, 5) is 15.9. The average Bonchev–Trinajstić information content (AvgIpc) is 3.02. The lowest BCUT2D eigenvalue weighted by Gasteiger charge is -1.99. The Labute approximate surface area is 121 Å². The Kier molecular flexibility index (Phi) is 3.56. The molecule has 0 aliphatic heterocycles. The molecule has 0 spiro atoms. The number of thiophene rings is 1. The molecule has 0 fully saturated rings. The van der Waals surface area contributed by atoms with Gasteiger partial charge in [-0.2, -0.15) is 0 Å². The number of rotatable bonds is 4. The molecule has 4 heteroatoms. The van der Waals surface area contributed by atoms with Crippen LogP contribution in [0.1, 0.15) is 28.5 Å². The van der Waals surface area contributed by atoms with E-state index in [1.807, 2.05) is 31.2 Å². The van der Waals surface area contributed by atoms with Crippen molar-refractivity contribution in [3.05, 3.63) is 58.6 Å². The van der Waals surface area contributed by atoms with Crippen molar-refractivity contribution in [2.75, 3.05) is 6.61 Å². The molecule has 3 rings (SSSR count). The first-order chi connectivity index (χ1) is 9.78. The number of aromatic amines is 1. The molecule has 0 saturated carbocycles. The quantitative estimate of drug-likeness (QED) is 0.736. The van der Waals surface area contributed by atoms with E-state index in [2.05, 4.69) is 22.5 Å². The van der Waals surface area contributed by atoms with Crippen molar-refractivity contribution < 1.29 is 9.53 Å². The minimum atomic E-state index is -0.290. The third-order valence-electron chi connectivity index (χ3n) is 3.18. The van der Waals surface area contributed by atoms with Crippen molar-refractivity contribution in [1.82, 2.24) is 4.98 Å². The SMILES string of the molecule is CCOC(=O)c1cc2c(Cc3ccccc3)csc2[nH]1. The fourth-order valence-electron chi connectivity index (χ4n) is 2.23. The van der Waals surface area contributed by atoms with E-state index in [1.165, 1.54) is 11.1 Å². The highest BCUT2D eigenvalue weighted by Gasteiger charge is 2.14. The van der Waals surface area contributed by atoms with E-state index in [1.54, 1.807) is 11.3 Å². The first kappa shape index (κ1) is 12.9. The van der Waals surface area contributed by atoms with Crippen LogP contribution >= 0.6 is 11.3 Å². The van der Waals surface area contributed by atoms with Gasteiger partial charge in [-0.25, -0.2) is 4.79 Å². The minimum absolute atomic E-state index is 0.290. The zero-order valence-electron chi connectivity index (χ0n) is 11.2. The summed E-state index contributed by atoms with van der Waals surface area (Å²) in [5, 5.41) is 3.25. The number of esters is 1. The highest BCUT2D eigenvalue weighted by atomic mass is 32.1. The molecular weight excluding hydrogens is 270 g/mol. The minimum Gasteiger partial charge on any atom is -0.461 e. The number of aromatic nitrogens is 1. The molecule has 0 amide bonds. The molecule has 0 atom stereocenters. The number of nitrogens with one attached hydrogen (secondary N) is 1. The standard InChI is InChI=1S/C16H15NO2S/c1-2-19-16(18)14-9-13-12(10-20-15(13)17-14)8-11-6-4-3-5-7-11/h3-7,9-10,17H,2,8H2,1H3. The summed E-state index contributed by atoms with van der Waals surface area (Å²) in [6, 6.07) is 12.2. The van der Waals surface area contributed by atoms with Crippen LogP contribution in [0, 0.1) is 0 Å². The Hall–Kier alpha value is -2.07. The molecular formula is C16H15NO2S. The van der Waals surface area contributed by atoms with Gasteiger partial charge in [0, 0.05) is 5.39 Å². The fraction of sp³-hybridized carbons (Fsp3) is 0.188. The van der Waals surface area contributed by atoms with Crippen LogP contribution in [-0.2, 0) is 11.2 Å². The second-order valence-corrected chi connectivity index (χ2v) is 5.45. The van der Waals surface area contributed by atoms with Crippen LogP contribution in [0.5, 0.6) is 0 Å². The van der Waals surface area contributed by atoms with Crippen LogP contribution in [0.4, 0.5) is 0 Å². The number of carbonyl (C=O) groups is 1. The summed E-state index contributed by atoms with van der Waals surface area (Å²) in [5.74, 6) is -0.290. The third kappa shape index (κ3) is 2.47. The number of benzene rings is 1. The molecule has 2 aromatic heterocycles. The maximum atomic E-state index is 11.7. The van der Waals surface area contributed by atoms with Gasteiger partial charge in [0.25, 0.3) is 0 Å². The van der Waals surface area contributed by atoms with Crippen LogP contribution in [0.15, 0.2) is 41.8 Å². The molecule has 102 valence electrons. The number of hydrogen-bond acceptors (Lipinski definition) is 3. The molecule has 3 nitrogen and oxygen atoms in total. The van der Waals surface area contributed by atoms with Crippen LogP contribution < -0.4 is 0 Å². The normalized spacial score (nSPS) is 10.8. The fourth-order valence-corrected chi connectivity index (χ4v) is 3.19. The lowest BCUT2D eigenvalue weighted by molar-refractivity contribution is 0.0520. The second kappa shape index (κ2) is 5.51. The summed E-state index contributed by atoms with van der Waals surface area (Å²) in [6.07, 6.45) is 0.876. The topological polar surface area (TPSA) is 42.1 Å². The highest BCUT2D eigenvalue weighted by molar-refractivity contribution is 7.17. The van der Waals surface area contributed by atoms with E-state index in [0.29, 0.717) is 12.3 Å². The van der Waals surface area contributed by atoms with Crippen molar-refractivity contribution in [2.24, 2.45) is 0 Å². The van der Waals surface area contributed by atoms with Gasteiger partial charge in [0.15, 0.2) is 0 Å². The maximum absolute atomic E-state index is 11.7. The number of H-pyrrole nitrogens is 1. The number of hydrogen-bond donors (Lipinski definition) is 1. The van der Waals surface area contributed by atoms with Crippen molar-refractivity contribution >= 4 is 27.5 Å². The Balaban J connectivity index is 1.91. The van der Waals surface area contributed by atoms with Crippen molar-refractivity contribution in [3.8, 4) is 0 Å². The van der Waals surface area contributed by atoms with Gasteiger partial charge < -0.3 is 9.72 Å². The van der Waals surface area contributed by atoms with Gasteiger partial charge >= 0.3 is 5.97 Å². The molecule has 0 aliphatic rings. The molecule has 0 unspecified atom stereocenters. The van der Waals surface area contributed by atoms with Gasteiger partial charge in [-0.15, -0.1) is 11.3 Å². The summed E-state index contributed by atoms with van der Waals surface area (Å²) in [6.45, 7) is 2.20. The lowest BCUT2D eigenvalue weighted by Crippen LogP contribution is -2.04. The Morgan fingerprint density at radius 3 is 2.85 bits per heavy atom. The largest absolute Gasteiger partial charge is 0.461 e. The molecule has 0 aliphatic carbocycles. The third-order valence-corrected chi connectivity index (χ3v) is 4.14. The van der Waals surface area contributed by atoms with E-state index >= 15 is 0 Å². The predicted molar refractivity (Wildman–Crippen MR) is 81.4 cm³/mol. The van der Waals surface area contributed by atoms with E-state index in [4.69, 9.17) is 4.74 Å². The van der Waals surface area contributed by atoms with Gasteiger partial charge in [-0.05, 0) is 35.9 Å². The predicted octanol–water partition coefficient (Wildman–Crippen LogP) is 4.00. The highest BCUT2D eigenvalue weighted by Crippen LogP contribution is 2.28. The zero-order valence-corrected chi connectivity index (χ0v) is 12.0. The first-order valence-corrected chi connectivity index (χ1v) is 7.46. The molecule has 0 saturated heterocycles. The Morgan fingerprint density at radius 2 is 2.10 bits per heavy atom. The van der Waals surface area contributed by atoms with Crippen LogP contribution in [0.25, 0.3) is 10.2 Å². The average molecular weight is 285 g/mol. The van der Waals surface area contributed by atoms with Crippen molar-refractivity contribution in [3.63, 3.8) is 0 Å². The molecule has 0 radical (unpaired) electrons. The van der Waals surface area contributed by atoms with Gasteiger partial charge in [0.05, 0.1) is 6.61 Å². The molecule has 3 aromatic rings. The van der Waals surface area contributed by atoms with E-state index in [-0.39, 0.29) is 5.97 Å². The molecule has 2 heterocycles. The summed E-state index contributed by atoms with van der Waals surface area (Å²) in [5.41, 5.74) is 3.04.